The van der Waals surface area contributed by atoms with Gasteiger partial charge in [-0.3, -0.25) is 0 Å². The molecule has 0 radical (unpaired) electrons. The summed E-state index contributed by atoms with van der Waals surface area (Å²) in [6.45, 7) is 3.20. The highest BCUT2D eigenvalue weighted by molar-refractivity contribution is 5.92. The van der Waals surface area contributed by atoms with Crippen molar-refractivity contribution in [2.75, 3.05) is 11.9 Å². The van der Waals surface area contributed by atoms with Crippen LogP contribution in [0.4, 0.5) is 5.69 Å². The van der Waals surface area contributed by atoms with Crippen molar-refractivity contribution in [3.8, 4) is 5.75 Å². The minimum Gasteiger partial charge on any atom is -0.505 e. The molecule has 0 aliphatic rings. The molecule has 2 N–H and O–H groups in total. The Bertz CT molecular complexity index is 594. The van der Waals surface area contributed by atoms with Crippen LogP contribution in [0.25, 0.3) is 10.8 Å². The Morgan fingerprint density at radius 3 is 2.08 bits per heavy atom. The van der Waals surface area contributed by atoms with Crippen LogP contribution in [-0.2, 0) is 0 Å². The second-order valence-corrected chi connectivity index (χ2v) is 6.79. The van der Waals surface area contributed by atoms with E-state index >= 15 is 0 Å². The third-order valence-electron chi connectivity index (χ3n) is 4.75. The number of unbranched alkanes of at least 4 members (excludes halogenated alkanes) is 9. The average Bonchev–Trinajstić information content (AvgIpc) is 2.61. The number of hydrogen-bond donors (Lipinski definition) is 2. The van der Waals surface area contributed by atoms with Crippen molar-refractivity contribution in [2.24, 2.45) is 0 Å². The molecule has 2 nitrogen and oxygen atoms in total. The summed E-state index contributed by atoms with van der Waals surface area (Å²) in [6, 6.07) is 12.0. The van der Waals surface area contributed by atoms with Gasteiger partial charge in [0.2, 0.25) is 0 Å². The molecule has 0 bridgehead atoms. The Kier molecular flexibility index (Phi) is 8.51. The second-order valence-electron chi connectivity index (χ2n) is 6.79. The molecule has 2 heteroatoms. The van der Waals surface area contributed by atoms with Gasteiger partial charge in [0.1, 0.15) is 5.75 Å². The van der Waals surface area contributed by atoms with Gasteiger partial charge in [0.05, 0.1) is 5.69 Å². The van der Waals surface area contributed by atoms with E-state index in [1.54, 1.807) is 0 Å². The van der Waals surface area contributed by atoms with Gasteiger partial charge in [0.25, 0.3) is 0 Å². The van der Waals surface area contributed by atoms with E-state index < -0.39 is 0 Å². The van der Waals surface area contributed by atoms with Gasteiger partial charge in [-0.25, -0.2) is 0 Å². The molecule has 0 aliphatic heterocycles. The van der Waals surface area contributed by atoms with Gasteiger partial charge in [-0.15, -0.1) is 0 Å². The normalized spacial score (nSPS) is 11.0. The summed E-state index contributed by atoms with van der Waals surface area (Å²) < 4.78 is 0. The molecule has 0 amide bonds. The first-order chi connectivity index (χ1) is 11.8. The lowest BCUT2D eigenvalue weighted by atomic mass is 10.1. The lowest BCUT2D eigenvalue weighted by Crippen LogP contribution is -2.01. The lowest BCUT2D eigenvalue weighted by molar-refractivity contribution is 0.483. The molecule has 2 aromatic rings. The first-order valence-electron chi connectivity index (χ1n) is 9.77. The van der Waals surface area contributed by atoms with Crippen molar-refractivity contribution in [1.29, 1.82) is 0 Å². The van der Waals surface area contributed by atoms with Gasteiger partial charge in [-0.1, -0.05) is 95.0 Å². The molecule has 0 aliphatic carbocycles. The number of anilines is 1. The summed E-state index contributed by atoms with van der Waals surface area (Å²) in [5.41, 5.74) is 0.852. The number of nitrogens with one attached hydrogen (secondary N) is 1. The summed E-state index contributed by atoms with van der Waals surface area (Å²) >= 11 is 0. The average molecular weight is 328 g/mol. The largest absolute Gasteiger partial charge is 0.505 e. The highest BCUT2D eigenvalue weighted by atomic mass is 16.3. The molecule has 0 spiro atoms. The molecule has 0 unspecified atom stereocenters. The summed E-state index contributed by atoms with van der Waals surface area (Å²) in [4.78, 5) is 0. The van der Waals surface area contributed by atoms with Crippen LogP contribution in [0.3, 0.4) is 0 Å². The Morgan fingerprint density at radius 1 is 0.750 bits per heavy atom. The van der Waals surface area contributed by atoms with Gasteiger partial charge in [0.15, 0.2) is 0 Å². The van der Waals surface area contributed by atoms with E-state index in [4.69, 9.17) is 0 Å². The van der Waals surface area contributed by atoms with E-state index in [2.05, 4.69) is 18.3 Å². The molecule has 0 fully saturated rings. The molecule has 0 saturated heterocycles. The Balaban J connectivity index is 1.57. The number of aromatic hydroxyl groups is 1. The number of phenolic OH excluding ortho intramolecular Hbond substituents is 1. The minimum absolute atomic E-state index is 0.375. The SMILES string of the molecule is CCCCCCCCCCCCNc1ccc2ccccc2c1O. The summed E-state index contributed by atoms with van der Waals surface area (Å²) in [7, 11) is 0. The lowest BCUT2D eigenvalue weighted by Gasteiger charge is -2.10. The van der Waals surface area contributed by atoms with Crippen molar-refractivity contribution < 1.29 is 5.11 Å². The maximum atomic E-state index is 10.3. The molecule has 0 heterocycles. The fourth-order valence-corrected chi connectivity index (χ4v) is 3.23. The van der Waals surface area contributed by atoms with E-state index in [1.165, 1.54) is 64.2 Å². The van der Waals surface area contributed by atoms with E-state index in [9.17, 15) is 5.11 Å². The number of rotatable bonds is 12. The quantitative estimate of drug-likeness (QED) is 0.329. The van der Waals surface area contributed by atoms with Gasteiger partial charge in [-0.05, 0) is 17.9 Å². The molecule has 0 aromatic heterocycles. The molecular weight excluding hydrogens is 294 g/mol. The zero-order chi connectivity index (χ0) is 17.0. The number of phenols is 1. The Morgan fingerprint density at radius 2 is 1.38 bits per heavy atom. The predicted molar refractivity (Wildman–Crippen MR) is 106 cm³/mol. The molecule has 2 aromatic carbocycles. The molecule has 2 rings (SSSR count). The van der Waals surface area contributed by atoms with Crippen molar-refractivity contribution >= 4 is 16.5 Å². The Labute approximate surface area is 147 Å². The van der Waals surface area contributed by atoms with Crippen LogP contribution in [0, 0.1) is 0 Å². The van der Waals surface area contributed by atoms with Gasteiger partial charge in [0, 0.05) is 11.9 Å². The summed E-state index contributed by atoms with van der Waals surface area (Å²) in [5, 5.41) is 15.7. The first kappa shape index (κ1) is 18.6. The molecule has 132 valence electrons. The van der Waals surface area contributed by atoms with Crippen LogP contribution in [-0.4, -0.2) is 11.7 Å². The topological polar surface area (TPSA) is 32.3 Å². The van der Waals surface area contributed by atoms with Gasteiger partial charge >= 0.3 is 0 Å². The van der Waals surface area contributed by atoms with Crippen LogP contribution in [0.15, 0.2) is 36.4 Å². The fourth-order valence-electron chi connectivity index (χ4n) is 3.23. The maximum absolute atomic E-state index is 10.3. The minimum atomic E-state index is 0.375. The van der Waals surface area contributed by atoms with Gasteiger partial charge < -0.3 is 10.4 Å². The van der Waals surface area contributed by atoms with Crippen LogP contribution in [0.5, 0.6) is 5.75 Å². The zero-order valence-corrected chi connectivity index (χ0v) is 15.2. The van der Waals surface area contributed by atoms with Gasteiger partial charge in [-0.2, -0.15) is 0 Å². The molecular formula is C22H33NO. The van der Waals surface area contributed by atoms with Crippen molar-refractivity contribution in [3.05, 3.63) is 36.4 Å². The van der Waals surface area contributed by atoms with Crippen LogP contribution in [0.2, 0.25) is 0 Å². The first-order valence-corrected chi connectivity index (χ1v) is 9.77. The highest BCUT2D eigenvalue weighted by Gasteiger charge is 2.05. The number of benzene rings is 2. The van der Waals surface area contributed by atoms with Crippen molar-refractivity contribution in [2.45, 2.75) is 71.1 Å². The number of hydrogen-bond acceptors (Lipinski definition) is 2. The molecule has 0 saturated carbocycles. The summed E-state index contributed by atoms with van der Waals surface area (Å²) in [5.74, 6) is 0.375. The highest BCUT2D eigenvalue weighted by Crippen LogP contribution is 2.32. The summed E-state index contributed by atoms with van der Waals surface area (Å²) in [6.07, 6.45) is 13.5. The Hall–Kier alpha value is -1.70. The monoisotopic (exact) mass is 327 g/mol. The third-order valence-corrected chi connectivity index (χ3v) is 4.75. The molecule has 24 heavy (non-hydrogen) atoms. The van der Waals surface area contributed by atoms with Crippen molar-refractivity contribution in [1.82, 2.24) is 0 Å². The predicted octanol–water partition coefficient (Wildman–Crippen LogP) is 6.88. The fraction of sp³-hybridized carbons (Fsp3) is 0.545. The van der Waals surface area contributed by atoms with E-state index in [0.717, 1.165) is 23.0 Å². The van der Waals surface area contributed by atoms with E-state index in [1.807, 2.05) is 30.3 Å². The van der Waals surface area contributed by atoms with Crippen LogP contribution >= 0.6 is 0 Å². The smallest absolute Gasteiger partial charge is 0.146 e. The van der Waals surface area contributed by atoms with E-state index in [0.29, 0.717) is 5.75 Å². The van der Waals surface area contributed by atoms with Crippen LogP contribution in [0.1, 0.15) is 71.1 Å². The second kappa shape index (κ2) is 11.0. The van der Waals surface area contributed by atoms with E-state index in [-0.39, 0.29) is 0 Å². The number of fused-ring (bicyclic) bond motifs is 1. The maximum Gasteiger partial charge on any atom is 0.146 e. The van der Waals surface area contributed by atoms with Crippen LogP contribution < -0.4 is 5.32 Å². The standard InChI is InChI=1S/C22H33NO/c1-2-3-4-5-6-7-8-9-10-13-18-23-21-17-16-19-14-11-12-15-20(19)22(21)24/h11-12,14-17,23-24H,2-10,13,18H2,1H3. The molecule has 0 atom stereocenters. The zero-order valence-electron chi connectivity index (χ0n) is 15.2. The third kappa shape index (κ3) is 6.07. The van der Waals surface area contributed by atoms with Crippen molar-refractivity contribution in [3.63, 3.8) is 0 Å².